The maximum Gasteiger partial charge on any atom is 0.257 e. The standard InChI is InChI=1S/C24H26N8O2/c1-5-21(33)27-17-7-6-8-19(12-17)32-22(34)11-16(2)20-14-25-24(29-23(20)32)28-18-13-26-31(15-18)10-9-30(3)4/h5-8,11-15H,1,9-10H2,2-4H3,(H,27,33)(H,25,28,29). The Labute approximate surface area is 196 Å². The Morgan fingerprint density at radius 3 is 2.79 bits per heavy atom. The van der Waals surface area contributed by atoms with Crippen molar-refractivity contribution >= 4 is 34.3 Å². The van der Waals surface area contributed by atoms with E-state index in [2.05, 4.69) is 37.2 Å². The summed E-state index contributed by atoms with van der Waals surface area (Å²) in [5.74, 6) is 0.00715. The van der Waals surface area contributed by atoms with E-state index in [-0.39, 0.29) is 11.5 Å². The van der Waals surface area contributed by atoms with Gasteiger partial charge in [-0.25, -0.2) is 4.98 Å². The molecule has 3 heterocycles. The molecule has 0 spiro atoms. The highest BCUT2D eigenvalue weighted by molar-refractivity contribution is 5.99. The minimum absolute atomic E-state index is 0.238. The molecule has 0 bridgehead atoms. The molecule has 174 valence electrons. The summed E-state index contributed by atoms with van der Waals surface area (Å²) in [6.07, 6.45) is 6.47. The Bertz CT molecular complexity index is 1420. The van der Waals surface area contributed by atoms with Gasteiger partial charge in [0.05, 0.1) is 24.1 Å². The molecule has 0 unspecified atom stereocenters. The van der Waals surface area contributed by atoms with Crippen LogP contribution in [-0.4, -0.2) is 55.8 Å². The van der Waals surface area contributed by atoms with E-state index in [1.165, 1.54) is 10.6 Å². The Morgan fingerprint density at radius 1 is 1.21 bits per heavy atom. The number of likely N-dealkylation sites (N-methyl/N-ethyl adjacent to an activating group) is 1. The second-order valence-electron chi connectivity index (χ2n) is 8.10. The lowest BCUT2D eigenvalue weighted by atomic mass is 10.2. The molecule has 2 N–H and O–H groups in total. The van der Waals surface area contributed by atoms with Crippen molar-refractivity contribution in [3.63, 3.8) is 0 Å². The number of aryl methyl sites for hydroxylation is 1. The van der Waals surface area contributed by atoms with Gasteiger partial charge in [-0.2, -0.15) is 10.1 Å². The Hall–Kier alpha value is -4.31. The molecule has 0 aliphatic rings. The van der Waals surface area contributed by atoms with Crippen molar-refractivity contribution in [3.8, 4) is 5.69 Å². The molecule has 0 atom stereocenters. The van der Waals surface area contributed by atoms with Crippen LogP contribution in [0.1, 0.15) is 5.56 Å². The molecular formula is C24H26N8O2. The first-order chi connectivity index (χ1) is 16.3. The molecule has 4 aromatic rings. The number of pyridine rings is 1. The van der Waals surface area contributed by atoms with E-state index < -0.39 is 0 Å². The number of fused-ring (bicyclic) bond motifs is 1. The summed E-state index contributed by atoms with van der Waals surface area (Å²) in [5.41, 5.74) is 2.84. The molecule has 0 aliphatic carbocycles. The average molecular weight is 459 g/mol. The first-order valence-corrected chi connectivity index (χ1v) is 10.7. The van der Waals surface area contributed by atoms with Crippen LogP contribution in [0.15, 0.2) is 66.4 Å². The van der Waals surface area contributed by atoms with Gasteiger partial charge in [0.2, 0.25) is 11.9 Å². The van der Waals surface area contributed by atoms with Crippen molar-refractivity contribution in [1.29, 1.82) is 0 Å². The first-order valence-electron chi connectivity index (χ1n) is 10.7. The Morgan fingerprint density at radius 2 is 2.03 bits per heavy atom. The predicted molar refractivity (Wildman–Crippen MR) is 133 cm³/mol. The molecule has 1 aromatic carbocycles. The number of hydrogen-bond acceptors (Lipinski definition) is 7. The van der Waals surface area contributed by atoms with E-state index in [1.54, 1.807) is 42.7 Å². The number of rotatable bonds is 8. The summed E-state index contributed by atoms with van der Waals surface area (Å²) in [4.78, 5) is 35.9. The highest BCUT2D eigenvalue weighted by Gasteiger charge is 2.13. The monoisotopic (exact) mass is 458 g/mol. The SMILES string of the molecule is C=CC(=O)Nc1cccc(-n2c(=O)cc(C)c3cnc(Nc4cnn(CCN(C)C)c4)nc32)c1. The molecular weight excluding hydrogens is 432 g/mol. The molecule has 0 radical (unpaired) electrons. The van der Waals surface area contributed by atoms with Gasteiger partial charge in [-0.05, 0) is 50.9 Å². The molecule has 34 heavy (non-hydrogen) atoms. The van der Waals surface area contributed by atoms with Gasteiger partial charge < -0.3 is 15.5 Å². The lowest BCUT2D eigenvalue weighted by Crippen LogP contribution is -2.20. The second-order valence-corrected chi connectivity index (χ2v) is 8.10. The van der Waals surface area contributed by atoms with Gasteiger partial charge in [0.15, 0.2) is 5.65 Å². The second kappa shape index (κ2) is 9.67. The van der Waals surface area contributed by atoms with Crippen LogP contribution in [0.2, 0.25) is 0 Å². The zero-order valence-corrected chi connectivity index (χ0v) is 19.3. The van der Waals surface area contributed by atoms with Gasteiger partial charge in [0.25, 0.3) is 5.56 Å². The van der Waals surface area contributed by atoms with Gasteiger partial charge >= 0.3 is 0 Å². The molecule has 10 heteroatoms. The van der Waals surface area contributed by atoms with Crippen LogP contribution in [0.3, 0.4) is 0 Å². The zero-order chi connectivity index (χ0) is 24.2. The lowest BCUT2D eigenvalue weighted by Gasteiger charge is -2.13. The number of nitrogens with zero attached hydrogens (tertiary/aromatic N) is 6. The normalized spacial score (nSPS) is 11.1. The zero-order valence-electron chi connectivity index (χ0n) is 19.3. The highest BCUT2D eigenvalue weighted by Crippen LogP contribution is 2.22. The van der Waals surface area contributed by atoms with E-state index in [1.807, 2.05) is 31.9 Å². The largest absolute Gasteiger partial charge is 0.322 e. The van der Waals surface area contributed by atoms with Gasteiger partial charge in [-0.15, -0.1) is 0 Å². The minimum atomic E-state index is -0.335. The van der Waals surface area contributed by atoms with Crippen LogP contribution in [0.25, 0.3) is 16.7 Å². The third-order valence-corrected chi connectivity index (χ3v) is 5.19. The maximum atomic E-state index is 13.0. The predicted octanol–water partition coefficient (Wildman–Crippen LogP) is 2.72. The van der Waals surface area contributed by atoms with E-state index in [9.17, 15) is 9.59 Å². The van der Waals surface area contributed by atoms with Crippen molar-refractivity contribution in [2.75, 3.05) is 31.3 Å². The minimum Gasteiger partial charge on any atom is -0.322 e. The van der Waals surface area contributed by atoms with E-state index in [4.69, 9.17) is 0 Å². The van der Waals surface area contributed by atoms with E-state index >= 15 is 0 Å². The summed E-state index contributed by atoms with van der Waals surface area (Å²) in [7, 11) is 4.02. The Kier molecular flexibility index (Phi) is 6.51. The number of carbonyl (C=O) groups excluding carboxylic acids is 1. The van der Waals surface area contributed by atoms with Crippen LogP contribution >= 0.6 is 0 Å². The highest BCUT2D eigenvalue weighted by atomic mass is 16.1. The quantitative estimate of drug-likeness (QED) is 0.391. The summed E-state index contributed by atoms with van der Waals surface area (Å²) >= 11 is 0. The summed E-state index contributed by atoms with van der Waals surface area (Å²) in [6, 6.07) is 8.53. The molecule has 0 aliphatic heterocycles. The van der Waals surface area contributed by atoms with Crippen LogP contribution < -0.4 is 16.2 Å². The molecule has 0 fully saturated rings. The fourth-order valence-electron chi connectivity index (χ4n) is 3.46. The van der Waals surface area contributed by atoms with Crippen molar-refractivity contribution in [1.82, 2.24) is 29.2 Å². The number of aromatic nitrogens is 5. The van der Waals surface area contributed by atoms with Crippen molar-refractivity contribution in [2.45, 2.75) is 13.5 Å². The van der Waals surface area contributed by atoms with Gasteiger partial charge in [-0.1, -0.05) is 12.6 Å². The van der Waals surface area contributed by atoms with Crippen molar-refractivity contribution in [2.24, 2.45) is 0 Å². The molecule has 3 aromatic heterocycles. The molecule has 10 nitrogen and oxygen atoms in total. The summed E-state index contributed by atoms with van der Waals surface area (Å²) in [6.45, 7) is 6.93. The van der Waals surface area contributed by atoms with Crippen molar-refractivity contribution < 1.29 is 4.79 Å². The maximum absolute atomic E-state index is 13.0. The molecule has 0 saturated carbocycles. The smallest absolute Gasteiger partial charge is 0.257 e. The topological polar surface area (TPSA) is 110 Å². The molecule has 4 rings (SSSR count). The van der Waals surface area contributed by atoms with Crippen molar-refractivity contribution in [3.05, 3.63) is 77.5 Å². The molecule has 1 amide bonds. The summed E-state index contributed by atoms with van der Waals surface area (Å²) < 4.78 is 3.34. The van der Waals surface area contributed by atoms with E-state index in [0.717, 1.165) is 29.7 Å². The number of anilines is 3. The fourth-order valence-corrected chi connectivity index (χ4v) is 3.46. The van der Waals surface area contributed by atoms with Gasteiger partial charge in [0.1, 0.15) is 0 Å². The molecule has 0 saturated heterocycles. The van der Waals surface area contributed by atoms with Crippen LogP contribution in [0.4, 0.5) is 17.3 Å². The number of hydrogen-bond donors (Lipinski definition) is 2. The summed E-state index contributed by atoms with van der Waals surface area (Å²) in [5, 5.41) is 11.0. The fraction of sp³-hybridized carbons (Fsp3) is 0.208. The van der Waals surface area contributed by atoms with Gasteiger partial charge in [-0.3, -0.25) is 18.8 Å². The first kappa shape index (κ1) is 22.9. The number of amides is 1. The van der Waals surface area contributed by atoms with E-state index in [0.29, 0.717) is 23.0 Å². The number of benzene rings is 1. The third kappa shape index (κ3) is 5.02. The van der Waals surface area contributed by atoms with Crippen LogP contribution in [-0.2, 0) is 11.3 Å². The third-order valence-electron chi connectivity index (χ3n) is 5.19. The van der Waals surface area contributed by atoms with Gasteiger partial charge in [0, 0.05) is 36.1 Å². The Balaban J connectivity index is 1.72. The van der Waals surface area contributed by atoms with Crippen LogP contribution in [0, 0.1) is 6.92 Å². The number of nitrogens with one attached hydrogen (secondary N) is 2. The van der Waals surface area contributed by atoms with Crippen LogP contribution in [0.5, 0.6) is 0 Å². The lowest BCUT2D eigenvalue weighted by molar-refractivity contribution is -0.111. The number of carbonyl (C=O) groups is 1. The average Bonchev–Trinajstić information content (AvgIpc) is 3.25.